The maximum atomic E-state index is 13.3. The third-order valence-electron chi connectivity index (χ3n) is 3.28. The molecule has 1 aromatic carbocycles. The van der Waals surface area contributed by atoms with Gasteiger partial charge in [-0.3, -0.25) is 0 Å². The Morgan fingerprint density at radius 2 is 1.83 bits per heavy atom. The summed E-state index contributed by atoms with van der Waals surface area (Å²) in [7, 11) is 1.54. The van der Waals surface area contributed by atoms with Crippen molar-refractivity contribution in [1.29, 1.82) is 0 Å². The van der Waals surface area contributed by atoms with Gasteiger partial charge in [0, 0.05) is 5.56 Å². The van der Waals surface area contributed by atoms with Crippen molar-refractivity contribution in [2.24, 2.45) is 5.92 Å². The number of halogens is 1. The van der Waals surface area contributed by atoms with E-state index in [0.29, 0.717) is 11.3 Å². The smallest absolute Gasteiger partial charge is 0.124 e. The molecule has 1 unspecified atom stereocenters. The number of ether oxygens (including phenoxy) is 1. The lowest BCUT2D eigenvalue weighted by molar-refractivity contribution is 0.0935. The van der Waals surface area contributed by atoms with E-state index in [1.165, 1.54) is 19.2 Å². The van der Waals surface area contributed by atoms with Crippen LogP contribution in [0.2, 0.25) is 0 Å². The zero-order valence-corrected chi connectivity index (χ0v) is 11.4. The van der Waals surface area contributed by atoms with Gasteiger partial charge in [-0.2, -0.15) is 0 Å². The average molecular weight is 254 g/mol. The standard InChI is InChI=1S/C15H23FO2/c1-4-6-11(7-5-2)15(17)13-10-12(16)8-9-14(13)18-3/h8-11,15,17H,4-7H2,1-3H3. The molecule has 1 N–H and O–H groups in total. The normalized spacial score (nSPS) is 12.8. The molecule has 0 bridgehead atoms. The summed E-state index contributed by atoms with van der Waals surface area (Å²) in [5.41, 5.74) is 0.560. The lowest BCUT2D eigenvalue weighted by atomic mass is 9.88. The van der Waals surface area contributed by atoms with Crippen LogP contribution < -0.4 is 4.74 Å². The van der Waals surface area contributed by atoms with Crippen LogP contribution in [-0.2, 0) is 0 Å². The zero-order chi connectivity index (χ0) is 13.5. The van der Waals surface area contributed by atoms with Crippen LogP contribution >= 0.6 is 0 Å². The summed E-state index contributed by atoms with van der Waals surface area (Å²) in [6, 6.07) is 4.30. The Hall–Kier alpha value is -1.09. The molecule has 2 nitrogen and oxygen atoms in total. The fourth-order valence-electron chi connectivity index (χ4n) is 2.39. The van der Waals surface area contributed by atoms with Gasteiger partial charge in [-0.1, -0.05) is 26.7 Å². The summed E-state index contributed by atoms with van der Waals surface area (Å²) >= 11 is 0. The van der Waals surface area contributed by atoms with Crippen LogP contribution in [0, 0.1) is 11.7 Å². The molecular weight excluding hydrogens is 231 g/mol. The number of methoxy groups -OCH3 is 1. The molecule has 18 heavy (non-hydrogen) atoms. The van der Waals surface area contributed by atoms with Gasteiger partial charge < -0.3 is 9.84 Å². The molecule has 0 saturated heterocycles. The van der Waals surface area contributed by atoms with Gasteiger partial charge in [-0.15, -0.1) is 0 Å². The molecule has 0 aliphatic carbocycles. The van der Waals surface area contributed by atoms with Gasteiger partial charge in [0.2, 0.25) is 0 Å². The summed E-state index contributed by atoms with van der Waals surface area (Å²) in [6.07, 6.45) is 3.25. The first-order chi connectivity index (χ1) is 8.63. The topological polar surface area (TPSA) is 29.5 Å². The Labute approximate surface area is 109 Å². The Morgan fingerprint density at radius 3 is 2.33 bits per heavy atom. The molecule has 3 heteroatoms. The fraction of sp³-hybridized carbons (Fsp3) is 0.600. The molecule has 0 aliphatic heterocycles. The van der Waals surface area contributed by atoms with Gasteiger partial charge in [0.05, 0.1) is 13.2 Å². The summed E-state index contributed by atoms with van der Waals surface area (Å²) in [6.45, 7) is 4.19. The van der Waals surface area contributed by atoms with Crippen LogP contribution in [-0.4, -0.2) is 12.2 Å². The van der Waals surface area contributed by atoms with Gasteiger partial charge in [0.25, 0.3) is 0 Å². The minimum Gasteiger partial charge on any atom is -0.496 e. The highest BCUT2D eigenvalue weighted by Gasteiger charge is 2.23. The largest absolute Gasteiger partial charge is 0.496 e. The van der Waals surface area contributed by atoms with E-state index < -0.39 is 6.10 Å². The predicted octanol–water partition coefficient (Wildman–Crippen LogP) is 4.08. The van der Waals surface area contributed by atoms with E-state index in [9.17, 15) is 9.50 Å². The minimum atomic E-state index is -0.657. The van der Waals surface area contributed by atoms with Gasteiger partial charge in [-0.25, -0.2) is 4.39 Å². The molecule has 0 aromatic heterocycles. The van der Waals surface area contributed by atoms with Crippen LogP contribution in [0.1, 0.15) is 51.2 Å². The Bertz CT molecular complexity index is 360. The molecular formula is C15H23FO2. The molecule has 0 fully saturated rings. The van der Waals surface area contributed by atoms with Crippen LogP contribution in [0.4, 0.5) is 4.39 Å². The predicted molar refractivity (Wildman–Crippen MR) is 71.2 cm³/mol. The molecule has 0 spiro atoms. The molecule has 0 heterocycles. The molecule has 0 radical (unpaired) electrons. The summed E-state index contributed by atoms with van der Waals surface area (Å²) in [4.78, 5) is 0. The number of aliphatic hydroxyl groups is 1. The number of rotatable bonds is 7. The van der Waals surface area contributed by atoms with Gasteiger partial charge in [0.1, 0.15) is 11.6 Å². The van der Waals surface area contributed by atoms with Crippen molar-refractivity contribution in [3.63, 3.8) is 0 Å². The summed E-state index contributed by atoms with van der Waals surface area (Å²) in [5.74, 6) is 0.383. The number of hydrogen-bond donors (Lipinski definition) is 1. The second-order valence-electron chi connectivity index (χ2n) is 4.67. The molecule has 1 atom stereocenters. The third-order valence-corrected chi connectivity index (χ3v) is 3.28. The van der Waals surface area contributed by atoms with E-state index in [2.05, 4.69) is 13.8 Å². The highest BCUT2D eigenvalue weighted by molar-refractivity contribution is 5.36. The average Bonchev–Trinajstić information content (AvgIpc) is 2.37. The molecule has 1 rings (SSSR count). The van der Waals surface area contributed by atoms with Crippen molar-refractivity contribution < 1.29 is 14.2 Å². The third kappa shape index (κ3) is 3.70. The van der Waals surface area contributed by atoms with Crippen molar-refractivity contribution in [2.75, 3.05) is 7.11 Å². The molecule has 0 amide bonds. The first-order valence-corrected chi connectivity index (χ1v) is 6.65. The lowest BCUT2D eigenvalue weighted by Gasteiger charge is -2.24. The minimum absolute atomic E-state index is 0.163. The van der Waals surface area contributed by atoms with E-state index in [1.807, 2.05) is 0 Å². The highest BCUT2D eigenvalue weighted by Crippen LogP contribution is 2.35. The maximum absolute atomic E-state index is 13.3. The van der Waals surface area contributed by atoms with Crippen molar-refractivity contribution in [2.45, 2.75) is 45.6 Å². The van der Waals surface area contributed by atoms with Crippen LogP contribution in [0.15, 0.2) is 18.2 Å². The van der Waals surface area contributed by atoms with Crippen molar-refractivity contribution in [1.82, 2.24) is 0 Å². The van der Waals surface area contributed by atoms with E-state index in [-0.39, 0.29) is 11.7 Å². The number of hydrogen-bond acceptors (Lipinski definition) is 2. The van der Waals surface area contributed by atoms with E-state index in [0.717, 1.165) is 25.7 Å². The molecule has 1 aromatic rings. The fourth-order valence-corrected chi connectivity index (χ4v) is 2.39. The van der Waals surface area contributed by atoms with Crippen molar-refractivity contribution in [3.05, 3.63) is 29.6 Å². The first kappa shape index (κ1) is 15.0. The second kappa shape index (κ2) is 7.37. The van der Waals surface area contributed by atoms with Gasteiger partial charge >= 0.3 is 0 Å². The molecule has 0 saturated carbocycles. The summed E-state index contributed by atoms with van der Waals surface area (Å²) < 4.78 is 18.5. The Balaban J connectivity index is 2.98. The van der Waals surface area contributed by atoms with Crippen molar-refractivity contribution >= 4 is 0 Å². The Kier molecular flexibility index (Phi) is 6.13. The van der Waals surface area contributed by atoms with E-state index in [1.54, 1.807) is 6.07 Å². The quantitative estimate of drug-likeness (QED) is 0.794. The summed E-state index contributed by atoms with van der Waals surface area (Å²) in [5, 5.41) is 10.4. The van der Waals surface area contributed by atoms with Crippen LogP contribution in [0.25, 0.3) is 0 Å². The van der Waals surface area contributed by atoms with E-state index >= 15 is 0 Å². The monoisotopic (exact) mass is 254 g/mol. The van der Waals surface area contributed by atoms with E-state index in [4.69, 9.17) is 4.74 Å². The number of aliphatic hydroxyl groups excluding tert-OH is 1. The lowest BCUT2D eigenvalue weighted by Crippen LogP contribution is -2.14. The SMILES string of the molecule is CCCC(CCC)C(O)c1cc(F)ccc1OC. The first-order valence-electron chi connectivity index (χ1n) is 6.65. The second-order valence-corrected chi connectivity index (χ2v) is 4.67. The van der Waals surface area contributed by atoms with Crippen LogP contribution in [0.5, 0.6) is 5.75 Å². The molecule has 0 aliphatic rings. The molecule has 102 valence electrons. The highest BCUT2D eigenvalue weighted by atomic mass is 19.1. The maximum Gasteiger partial charge on any atom is 0.124 e. The zero-order valence-electron chi connectivity index (χ0n) is 11.4. The Morgan fingerprint density at radius 1 is 1.22 bits per heavy atom. The van der Waals surface area contributed by atoms with Gasteiger partial charge in [-0.05, 0) is 37.0 Å². The van der Waals surface area contributed by atoms with Crippen molar-refractivity contribution in [3.8, 4) is 5.75 Å². The van der Waals surface area contributed by atoms with Crippen LogP contribution in [0.3, 0.4) is 0 Å². The number of benzene rings is 1. The van der Waals surface area contributed by atoms with Gasteiger partial charge in [0.15, 0.2) is 0 Å².